The van der Waals surface area contributed by atoms with E-state index in [0.717, 1.165) is 17.7 Å². The second-order valence-electron chi connectivity index (χ2n) is 7.36. The largest absolute Gasteiger partial charge is 0.274 e. The van der Waals surface area contributed by atoms with Crippen molar-refractivity contribution in [2.75, 3.05) is 4.90 Å². The summed E-state index contributed by atoms with van der Waals surface area (Å²) >= 11 is 0. The van der Waals surface area contributed by atoms with Gasteiger partial charge in [-0.3, -0.25) is 9.59 Å². The maximum Gasteiger partial charge on any atom is 0.238 e. The monoisotopic (exact) mass is 321 g/mol. The van der Waals surface area contributed by atoms with Gasteiger partial charge in [-0.2, -0.15) is 0 Å². The highest BCUT2D eigenvalue weighted by Gasteiger charge is 2.61. The highest BCUT2D eigenvalue weighted by molar-refractivity contribution is 6.23. The van der Waals surface area contributed by atoms with E-state index in [2.05, 4.69) is 26.0 Å². The van der Waals surface area contributed by atoms with Gasteiger partial charge >= 0.3 is 0 Å². The van der Waals surface area contributed by atoms with Gasteiger partial charge in [0.05, 0.1) is 17.5 Å². The number of amides is 2. The van der Waals surface area contributed by atoms with Gasteiger partial charge in [-0.1, -0.05) is 36.3 Å². The molecule has 2 bridgehead atoms. The number of carbonyl (C=O) groups is 2. The van der Waals surface area contributed by atoms with Crippen LogP contribution in [0.4, 0.5) is 5.69 Å². The Morgan fingerprint density at radius 3 is 2.08 bits per heavy atom. The first-order chi connectivity index (χ1) is 11.5. The summed E-state index contributed by atoms with van der Waals surface area (Å²) in [5.74, 6) is -0.213. The van der Waals surface area contributed by atoms with Crippen molar-refractivity contribution in [3.8, 4) is 0 Å². The summed E-state index contributed by atoms with van der Waals surface area (Å²) < 4.78 is 0. The van der Waals surface area contributed by atoms with E-state index < -0.39 is 0 Å². The molecule has 3 nitrogen and oxygen atoms in total. The zero-order valence-electron chi connectivity index (χ0n) is 14.7. The molecule has 3 heteroatoms. The molecule has 1 aromatic carbocycles. The number of anilines is 1. The first-order valence-corrected chi connectivity index (χ1v) is 8.78. The maximum atomic E-state index is 13.1. The fraction of sp³-hybridized carbons (Fsp3) is 0.429. The summed E-state index contributed by atoms with van der Waals surface area (Å²) in [7, 11) is 0. The standard InChI is InChI=1S/C21H23NO2/c1-5-11(2)17-15-8-9-16(17)19-18(15)20(23)22(21(19)24)14-7-6-12(3)13(4)10-14/h6-10,15-16,18-19H,5H2,1-4H3. The zero-order chi connectivity index (χ0) is 17.2. The molecule has 0 radical (unpaired) electrons. The lowest BCUT2D eigenvalue weighted by Gasteiger charge is -2.20. The second kappa shape index (κ2) is 5.17. The molecule has 24 heavy (non-hydrogen) atoms. The highest BCUT2D eigenvalue weighted by Crippen LogP contribution is 2.57. The third kappa shape index (κ3) is 1.84. The molecule has 2 aliphatic carbocycles. The quantitative estimate of drug-likeness (QED) is 0.611. The molecule has 4 atom stereocenters. The minimum atomic E-state index is -0.203. The summed E-state index contributed by atoms with van der Waals surface area (Å²) in [4.78, 5) is 27.6. The van der Waals surface area contributed by atoms with Gasteiger partial charge in [-0.15, -0.1) is 0 Å². The molecule has 1 saturated heterocycles. The molecule has 0 N–H and O–H groups in total. The van der Waals surface area contributed by atoms with Gasteiger partial charge in [-0.05, 0) is 50.5 Å². The Hall–Kier alpha value is -2.16. The first kappa shape index (κ1) is 15.4. The Balaban J connectivity index is 1.75. The van der Waals surface area contributed by atoms with Crippen LogP contribution in [0.15, 0.2) is 41.5 Å². The predicted molar refractivity (Wildman–Crippen MR) is 94.5 cm³/mol. The molecule has 3 aliphatic rings. The van der Waals surface area contributed by atoms with Gasteiger partial charge in [0.1, 0.15) is 0 Å². The molecule has 1 aromatic rings. The number of hydrogen-bond donors (Lipinski definition) is 0. The smallest absolute Gasteiger partial charge is 0.238 e. The zero-order valence-corrected chi connectivity index (χ0v) is 14.7. The molecule has 0 spiro atoms. The third-order valence-electron chi connectivity index (χ3n) is 6.19. The van der Waals surface area contributed by atoms with E-state index in [0.29, 0.717) is 0 Å². The molecule has 4 rings (SSSR count). The Morgan fingerprint density at radius 1 is 1.00 bits per heavy atom. The summed E-state index contributed by atoms with van der Waals surface area (Å²) in [6, 6.07) is 5.83. The number of benzene rings is 1. The molecule has 2 fully saturated rings. The van der Waals surface area contributed by atoms with Crippen LogP contribution in [0.3, 0.4) is 0 Å². The summed E-state index contributed by atoms with van der Waals surface area (Å²) in [6.07, 6.45) is 5.28. The Labute approximate surface area is 143 Å². The van der Waals surface area contributed by atoms with Crippen molar-refractivity contribution in [1.29, 1.82) is 0 Å². The lowest BCUT2D eigenvalue weighted by atomic mass is 9.85. The molecule has 4 unspecified atom stereocenters. The number of imide groups is 1. The van der Waals surface area contributed by atoms with E-state index in [1.54, 1.807) is 0 Å². The van der Waals surface area contributed by atoms with E-state index in [1.165, 1.54) is 21.6 Å². The molecule has 0 aromatic heterocycles. The lowest BCUT2D eigenvalue weighted by molar-refractivity contribution is -0.122. The second-order valence-corrected chi connectivity index (χ2v) is 7.36. The van der Waals surface area contributed by atoms with Crippen molar-refractivity contribution >= 4 is 17.5 Å². The van der Waals surface area contributed by atoms with Crippen LogP contribution in [0.5, 0.6) is 0 Å². The number of allylic oxidation sites excluding steroid dienone is 4. The SMILES string of the molecule is CCC(C)=C1C2C=CC1C1C(=O)N(c3ccc(C)c(C)c3)C(=O)C21. The number of nitrogens with zero attached hydrogens (tertiary/aromatic N) is 1. The Morgan fingerprint density at radius 2 is 1.58 bits per heavy atom. The Kier molecular flexibility index (Phi) is 3.31. The van der Waals surface area contributed by atoms with E-state index in [1.807, 2.05) is 32.0 Å². The van der Waals surface area contributed by atoms with Crippen LogP contribution >= 0.6 is 0 Å². The van der Waals surface area contributed by atoms with Crippen molar-refractivity contribution in [2.45, 2.75) is 34.1 Å². The van der Waals surface area contributed by atoms with Crippen molar-refractivity contribution < 1.29 is 9.59 Å². The van der Waals surface area contributed by atoms with Crippen molar-refractivity contribution in [3.63, 3.8) is 0 Å². The van der Waals surface area contributed by atoms with Crippen LogP contribution in [0.2, 0.25) is 0 Å². The first-order valence-electron chi connectivity index (χ1n) is 8.78. The van der Waals surface area contributed by atoms with Gasteiger partial charge in [0, 0.05) is 11.8 Å². The molecule has 1 saturated carbocycles. The predicted octanol–water partition coefficient (Wildman–Crippen LogP) is 3.95. The van der Waals surface area contributed by atoms with Gasteiger partial charge < -0.3 is 0 Å². The van der Waals surface area contributed by atoms with E-state index in [4.69, 9.17) is 0 Å². The minimum absolute atomic E-state index is 0.0218. The van der Waals surface area contributed by atoms with Crippen molar-refractivity contribution in [3.05, 3.63) is 52.6 Å². The molecular weight excluding hydrogens is 298 g/mol. The van der Waals surface area contributed by atoms with Crippen LogP contribution in [-0.2, 0) is 9.59 Å². The highest BCUT2D eigenvalue weighted by atomic mass is 16.2. The van der Waals surface area contributed by atoms with Gasteiger partial charge in [0.15, 0.2) is 0 Å². The average molecular weight is 321 g/mol. The minimum Gasteiger partial charge on any atom is -0.274 e. The van der Waals surface area contributed by atoms with Crippen LogP contribution in [-0.4, -0.2) is 11.8 Å². The Bertz CT molecular complexity index is 783. The van der Waals surface area contributed by atoms with Crippen molar-refractivity contribution in [1.82, 2.24) is 0 Å². The van der Waals surface area contributed by atoms with Crippen LogP contribution < -0.4 is 4.90 Å². The topological polar surface area (TPSA) is 37.4 Å². The number of fused-ring (bicyclic) bond motifs is 5. The number of hydrogen-bond acceptors (Lipinski definition) is 2. The maximum absolute atomic E-state index is 13.1. The fourth-order valence-electron chi connectivity index (χ4n) is 4.66. The lowest BCUT2D eigenvalue weighted by Crippen LogP contribution is -2.33. The molecule has 124 valence electrons. The van der Waals surface area contributed by atoms with Gasteiger partial charge in [0.25, 0.3) is 0 Å². The van der Waals surface area contributed by atoms with Crippen LogP contribution in [0, 0.1) is 37.5 Å². The normalized spacial score (nSPS) is 30.5. The molecule has 1 aliphatic heterocycles. The molecular formula is C21H23NO2. The average Bonchev–Trinajstić information content (AvgIpc) is 3.20. The number of carbonyl (C=O) groups excluding carboxylic acids is 2. The van der Waals surface area contributed by atoms with Crippen molar-refractivity contribution in [2.24, 2.45) is 23.7 Å². The molecule has 2 amide bonds. The molecule has 1 heterocycles. The van der Waals surface area contributed by atoms with E-state index >= 15 is 0 Å². The van der Waals surface area contributed by atoms with Crippen LogP contribution in [0.25, 0.3) is 0 Å². The van der Waals surface area contributed by atoms with Gasteiger partial charge in [0.2, 0.25) is 11.8 Å². The van der Waals surface area contributed by atoms with E-state index in [9.17, 15) is 9.59 Å². The van der Waals surface area contributed by atoms with Gasteiger partial charge in [-0.25, -0.2) is 4.90 Å². The summed E-state index contributed by atoms with van der Waals surface area (Å²) in [5, 5.41) is 0. The number of rotatable bonds is 2. The van der Waals surface area contributed by atoms with E-state index in [-0.39, 0.29) is 35.5 Å². The number of aryl methyl sites for hydroxylation is 2. The van der Waals surface area contributed by atoms with Crippen LogP contribution in [0.1, 0.15) is 31.4 Å². The summed E-state index contributed by atoms with van der Waals surface area (Å²) in [6.45, 7) is 8.33. The summed E-state index contributed by atoms with van der Waals surface area (Å²) in [5.41, 5.74) is 5.66. The fourth-order valence-corrected chi connectivity index (χ4v) is 4.66. The third-order valence-corrected chi connectivity index (χ3v) is 6.19.